The van der Waals surface area contributed by atoms with Crippen LogP contribution in [0.4, 0.5) is 0 Å². The second-order valence-corrected chi connectivity index (χ2v) is 5.85. The van der Waals surface area contributed by atoms with Gasteiger partial charge in [0.1, 0.15) is 6.04 Å². The Hall–Kier alpha value is -1.22. The third kappa shape index (κ3) is 7.96. The number of carboxylic acid groups (broad SMARTS) is 1. The summed E-state index contributed by atoms with van der Waals surface area (Å²) in [5, 5.41) is 19.9. The monoisotopic (exact) mass is 272 g/mol. The summed E-state index contributed by atoms with van der Waals surface area (Å²) in [6.45, 7) is 3.82. The van der Waals surface area contributed by atoms with Crippen LogP contribution in [0.25, 0.3) is 0 Å². The highest BCUT2D eigenvalue weighted by Crippen LogP contribution is 2.22. The van der Waals surface area contributed by atoms with Crippen molar-refractivity contribution < 1.29 is 14.7 Å². The minimum atomic E-state index is -1.01. The zero-order chi connectivity index (χ0) is 14.0. The van der Waals surface area contributed by atoms with Crippen molar-refractivity contribution in [1.29, 1.82) is 5.26 Å². The number of carboxylic acids is 1. The van der Waals surface area contributed by atoms with Crippen LogP contribution in [0, 0.1) is 16.7 Å². The molecular formula is C12H20N2O3S. The number of carbonyl (C=O) groups excluding carboxylic acids is 1. The van der Waals surface area contributed by atoms with Gasteiger partial charge < -0.3 is 10.4 Å². The topological polar surface area (TPSA) is 90.2 Å². The number of carbonyl (C=O) groups is 2. The van der Waals surface area contributed by atoms with Crippen LogP contribution < -0.4 is 5.32 Å². The summed E-state index contributed by atoms with van der Waals surface area (Å²) in [4.78, 5) is 20.9. The molecule has 0 saturated carbocycles. The Balaban J connectivity index is 3.64. The molecule has 0 aromatic rings. The number of unbranched alkanes of at least 4 members (excludes halogenated alkanes) is 1. The Labute approximate surface area is 112 Å². The molecule has 0 aromatic heterocycles. The Morgan fingerprint density at radius 3 is 2.72 bits per heavy atom. The molecule has 1 atom stereocenters. The summed E-state index contributed by atoms with van der Waals surface area (Å²) < 4.78 is 0. The zero-order valence-corrected chi connectivity index (χ0v) is 11.6. The molecular weight excluding hydrogens is 252 g/mol. The minimum Gasteiger partial charge on any atom is -0.480 e. The standard InChI is InChI=1S/C12H20N2O3S/c1-12(2,8-13)5-3-4-6-18-7-10(11(16)17)14-9-15/h9-10H,3-7H2,1-2H3,(H,14,15)(H,16,17). The molecule has 0 rings (SSSR count). The van der Waals surface area contributed by atoms with Gasteiger partial charge in [-0.05, 0) is 32.4 Å². The van der Waals surface area contributed by atoms with Gasteiger partial charge in [-0.3, -0.25) is 4.79 Å². The fourth-order valence-electron chi connectivity index (χ4n) is 1.30. The molecule has 0 aromatic carbocycles. The molecule has 0 saturated heterocycles. The molecule has 1 unspecified atom stereocenters. The van der Waals surface area contributed by atoms with E-state index in [4.69, 9.17) is 10.4 Å². The van der Waals surface area contributed by atoms with Crippen molar-refractivity contribution in [3.8, 4) is 6.07 Å². The quantitative estimate of drug-likeness (QED) is 0.466. The highest BCUT2D eigenvalue weighted by atomic mass is 32.2. The van der Waals surface area contributed by atoms with Crippen molar-refractivity contribution >= 4 is 24.1 Å². The number of amides is 1. The van der Waals surface area contributed by atoms with Crippen LogP contribution >= 0.6 is 11.8 Å². The summed E-state index contributed by atoms with van der Waals surface area (Å²) >= 11 is 1.50. The van der Waals surface area contributed by atoms with Crippen molar-refractivity contribution in [3.63, 3.8) is 0 Å². The van der Waals surface area contributed by atoms with Crippen molar-refractivity contribution in [3.05, 3.63) is 0 Å². The molecule has 0 bridgehead atoms. The molecule has 1 amide bonds. The highest BCUT2D eigenvalue weighted by Gasteiger charge is 2.17. The maximum absolute atomic E-state index is 10.7. The van der Waals surface area contributed by atoms with Crippen LogP contribution in [0.5, 0.6) is 0 Å². The van der Waals surface area contributed by atoms with E-state index in [1.165, 1.54) is 11.8 Å². The van der Waals surface area contributed by atoms with Crippen LogP contribution in [-0.2, 0) is 9.59 Å². The van der Waals surface area contributed by atoms with Gasteiger partial charge in [0.2, 0.25) is 6.41 Å². The summed E-state index contributed by atoms with van der Waals surface area (Å²) in [7, 11) is 0. The van der Waals surface area contributed by atoms with E-state index in [2.05, 4.69) is 11.4 Å². The molecule has 2 N–H and O–H groups in total. The highest BCUT2D eigenvalue weighted by molar-refractivity contribution is 7.99. The van der Waals surface area contributed by atoms with E-state index in [1.807, 2.05) is 13.8 Å². The van der Waals surface area contributed by atoms with Gasteiger partial charge in [-0.15, -0.1) is 0 Å². The lowest BCUT2D eigenvalue weighted by Crippen LogP contribution is -2.37. The van der Waals surface area contributed by atoms with Gasteiger partial charge in [0.25, 0.3) is 0 Å². The van der Waals surface area contributed by atoms with Crippen LogP contribution in [0.2, 0.25) is 0 Å². The first kappa shape index (κ1) is 16.8. The fourth-order valence-corrected chi connectivity index (χ4v) is 2.35. The number of nitriles is 1. The van der Waals surface area contributed by atoms with E-state index < -0.39 is 12.0 Å². The summed E-state index contributed by atoms with van der Waals surface area (Å²) in [5.41, 5.74) is -0.284. The van der Waals surface area contributed by atoms with Crippen LogP contribution in [0.3, 0.4) is 0 Å². The molecule has 0 aliphatic heterocycles. The molecule has 18 heavy (non-hydrogen) atoms. The number of nitrogens with zero attached hydrogens (tertiary/aromatic N) is 1. The Morgan fingerprint density at radius 1 is 1.56 bits per heavy atom. The largest absolute Gasteiger partial charge is 0.480 e. The van der Waals surface area contributed by atoms with E-state index in [1.54, 1.807) is 0 Å². The van der Waals surface area contributed by atoms with Crippen molar-refractivity contribution in [1.82, 2.24) is 5.32 Å². The third-order valence-electron chi connectivity index (χ3n) is 2.49. The van der Waals surface area contributed by atoms with E-state index in [0.717, 1.165) is 25.0 Å². The second kappa shape index (κ2) is 8.81. The van der Waals surface area contributed by atoms with E-state index in [9.17, 15) is 9.59 Å². The number of aliphatic carboxylic acids is 1. The van der Waals surface area contributed by atoms with Gasteiger partial charge in [-0.2, -0.15) is 17.0 Å². The number of rotatable bonds is 10. The normalized spacial score (nSPS) is 12.5. The van der Waals surface area contributed by atoms with Crippen molar-refractivity contribution in [2.24, 2.45) is 5.41 Å². The molecule has 0 spiro atoms. The smallest absolute Gasteiger partial charge is 0.327 e. The van der Waals surface area contributed by atoms with Gasteiger partial charge in [0, 0.05) is 5.75 Å². The molecule has 0 fully saturated rings. The Bertz CT molecular complexity index is 313. The molecule has 0 aliphatic carbocycles. The van der Waals surface area contributed by atoms with Gasteiger partial charge in [0.05, 0.1) is 11.5 Å². The fraction of sp³-hybridized carbons (Fsp3) is 0.750. The number of nitrogens with one attached hydrogen (secondary N) is 1. The summed E-state index contributed by atoms with van der Waals surface area (Å²) in [6.07, 6.45) is 3.16. The zero-order valence-electron chi connectivity index (χ0n) is 10.8. The van der Waals surface area contributed by atoms with E-state index in [0.29, 0.717) is 12.2 Å². The molecule has 0 heterocycles. The number of hydrogen-bond acceptors (Lipinski definition) is 4. The van der Waals surface area contributed by atoms with Crippen molar-refractivity contribution in [2.45, 2.75) is 39.2 Å². The molecule has 102 valence electrons. The first-order valence-corrected chi connectivity index (χ1v) is 7.00. The van der Waals surface area contributed by atoms with Crippen LogP contribution in [0.15, 0.2) is 0 Å². The average molecular weight is 272 g/mol. The minimum absolute atomic E-state index is 0.284. The Morgan fingerprint density at radius 2 is 2.22 bits per heavy atom. The summed E-state index contributed by atoms with van der Waals surface area (Å²) in [6, 6.07) is 1.43. The van der Waals surface area contributed by atoms with Crippen LogP contribution in [0.1, 0.15) is 33.1 Å². The van der Waals surface area contributed by atoms with Crippen LogP contribution in [-0.4, -0.2) is 35.0 Å². The maximum Gasteiger partial charge on any atom is 0.327 e. The molecule has 0 aliphatic rings. The predicted octanol–water partition coefficient (Wildman–Crippen LogP) is 1.64. The summed E-state index contributed by atoms with van der Waals surface area (Å²) in [5.74, 6) is 0.196. The first-order chi connectivity index (χ1) is 8.43. The van der Waals surface area contributed by atoms with Gasteiger partial charge >= 0.3 is 5.97 Å². The molecule has 0 radical (unpaired) electrons. The lowest BCUT2D eigenvalue weighted by Gasteiger charge is -2.14. The Kier molecular flexibility index (Phi) is 8.21. The second-order valence-electron chi connectivity index (χ2n) is 4.70. The van der Waals surface area contributed by atoms with E-state index >= 15 is 0 Å². The predicted molar refractivity (Wildman–Crippen MR) is 71.2 cm³/mol. The van der Waals surface area contributed by atoms with E-state index in [-0.39, 0.29) is 5.41 Å². The van der Waals surface area contributed by atoms with Gasteiger partial charge in [-0.1, -0.05) is 6.42 Å². The molecule has 5 nitrogen and oxygen atoms in total. The van der Waals surface area contributed by atoms with Crippen molar-refractivity contribution in [2.75, 3.05) is 11.5 Å². The number of thioether (sulfide) groups is 1. The van der Waals surface area contributed by atoms with Gasteiger partial charge in [-0.25, -0.2) is 4.79 Å². The lowest BCUT2D eigenvalue weighted by molar-refractivity contribution is -0.139. The average Bonchev–Trinajstić information content (AvgIpc) is 2.31. The van der Waals surface area contributed by atoms with Gasteiger partial charge in [0.15, 0.2) is 0 Å². The molecule has 6 heteroatoms. The number of hydrogen-bond donors (Lipinski definition) is 2. The first-order valence-electron chi connectivity index (χ1n) is 5.84. The SMILES string of the molecule is CC(C)(C#N)CCCCSCC(NC=O)C(=O)O. The maximum atomic E-state index is 10.7. The lowest BCUT2D eigenvalue weighted by atomic mass is 9.89. The third-order valence-corrected chi connectivity index (χ3v) is 3.64.